The zero-order valence-corrected chi connectivity index (χ0v) is 28.3. The van der Waals surface area contributed by atoms with E-state index in [2.05, 4.69) is 56.9 Å². The number of carboxylic acid groups (broad SMARTS) is 1. The van der Waals surface area contributed by atoms with Crippen molar-refractivity contribution in [2.75, 3.05) is 13.1 Å². The predicted molar refractivity (Wildman–Crippen MR) is 186 cm³/mol. The minimum absolute atomic E-state index is 0.0445. The summed E-state index contributed by atoms with van der Waals surface area (Å²) in [6, 6.07) is 27.2. The standard InChI is InChI=1S/C35H33Cl2N5O.C2HF3O2/c36-27-9-4-23(5-10-27)33(24-6-11-28(37)12-7-24)26-8-14-30-32(19-26)42(35(40-30)25-2-3-25)29-15-17-41(18-16-29)21-22-1-13-31(34(38)43)39-20-22;3-2(4,5)1(6)7/h1,4-14,19-20,25,29,33H,2-3,15-18,21H2,(H2,38,43);(H,6,7). The molecule has 50 heavy (non-hydrogen) atoms. The van der Waals surface area contributed by atoms with Crippen LogP contribution in [0.1, 0.15) is 82.1 Å². The second kappa shape index (κ2) is 14.8. The van der Waals surface area contributed by atoms with E-state index >= 15 is 0 Å². The number of piperidine rings is 1. The molecule has 5 aromatic rings. The average Bonchev–Trinajstić information content (AvgIpc) is 3.87. The van der Waals surface area contributed by atoms with E-state index in [-0.39, 0.29) is 5.92 Å². The Hall–Kier alpha value is -4.45. The van der Waals surface area contributed by atoms with Crippen molar-refractivity contribution in [3.8, 4) is 0 Å². The number of aromatic nitrogens is 3. The first-order chi connectivity index (χ1) is 23.9. The number of alkyl halides is 3. The average molecular weight is 725 g/mol. The van der Waals surface area contributed by atoms with Crippen LogP contribution in [-0.4, -0.2) is 55.7 Å². The highest BCUT2D eigenvalue weighted by Gasteiger charge is 2.38. The van der Waals surface area contributed by atoms with Crippen LogP contribution >= 0.6 is 23.2 Å². The van der Waals surface area contributed by atoms with Gasteiger partial charge in [-0.05, 0) is 90.4 Å². The fourth-order valence-corrected chi connectivity index (χ4v) is 6.72. The summed E-state index contributed by atoms with van der Waals surface area (Å²) in [6.07, 6.45) is 1.21. The van der Waals surface area contributed by atoms with Gasteiger partial charge in [0.1, 0.15) is 11.5 Å². The Morgan fingerprint density at radius 3 is 1.90 bits per heavy atom. The zero-order chi connectivity index (χ0) is 35.6. The van der Waals surface area contributed by atoms with Crippen molar-refractivity contribution in [2.45, 2.75) is 56.3 Å². The van der Waals surface area contributed by atoms with Gasteiger partial charge in [0.05, 0.1) is 11.0 Å². The Morgan fingerprint density at radius 1 is 0.860 bits per heavy atom. The quantitative estimate of drug-likeness (QED) is 0.156. The van der Waals surface area contributed by atoms with Gasteiger partial charge in [0.2, 0.25) is 0 Å². The molecule has 1 saturated carbocycles. The van der Waals surface area contributed by atoms with E-state index < -0.39 is 18.1 Å². The highest BCUT2D eigenvalue weighted by atomic mass is 35.5. The molecule has 3 aromatic carbocycles. The monoisotopic (exact) mass is 723 g/mol. The lowest BCUT2D eigenvalue weighted by Gasteiger charge is -2.33. The Morgan fingerprint density at radius 2 is 1.42 bits per heavy atom. The Labute approximate surface area is 296 Å². The van der Waals surface area contributed by atoms with Crippen molar-refractivity contribution >= 4 is 46.1 Å². The molecule has 2 fully saturated rings. The number of fused-ring (bicyclic) bond motifs is 1. The number of nitrogens with zero attached hydrogens (tertiary/aromatic N) is 4. The summed E-state index contributed by atoms with van der Waals surface area (Å²) < 4.78 is 34.3. The van der Waals surface area contributed by atoms with E-state index in [1.165, 1.54) is 40.9 Å². The topological polar surface area (TPSA) is 114 Å². The lowest BCUT2D eigenvalue weighted by atomic mass is 9.85. The van der Waals surface area contributed by atoms with Crippen LogP contribution in [0.3, 0.4) is 0 Å². The lowest BCUT2D eigenvalue weighted by molar-refractivity contribution is -0.192. The van der Waals surface area contributed by atoms with Crippen LogP contribution < -0.4 is 5.73 Å². The molecule has 0 radical (unpaired) electrons. The highest BCUT2D eigenvalue weighted by Crippen LogP contribution is 2.44. The maximum absolute atomic E-state index is 11.4. The number of carbonyl (C=O) groups excluding carboxylic acids is 1. The van der Waals surface area contributed by atoms with Gasteiger partial charge < -0.3 is 15.4 Å². The summed E-state index contributed by atoms with van der Waals surface area (Å²) in [5, 5.41) is 8.58. The summed E-state index contributed by atoms with van der Waals surface area (Å²) in [6.45, 7) is 2.79. The van der Waals surface area contributed by atoms with Crippen molar-refractivity contribution < 1.29 is 27.9 Å². The molecule has 13 heteroatoms. The summed E-state index contributed by atoms with van der Waals surface area (Å²) in [5.41, 5.74) is 12.6. The second-order valence-electron chi connectivity index (χ2n) is 12.6. The molecule has 1 aliphatic carbocycles. The fraction of sp³-hybridized carbons (Fsp3) is 0.297. The van der Waals surface area contributed by atoms with Crippen LogP contribution in [0.2, 0.25) is 10.0 Å². The van der Waals surface area contributed by atoms with Crippen molar-refractivity contribution in [3.05, 3.63) is 129 Å². The third kappa shape index (κ3) is 8.29. The molecule has 0 bridgehead atoms. The molecule has 0 spiro atoms. The van der Waals surface area contributed by atoms with E-state index in [9.17, 15) is 18.0 Å². The highest BCUT2D eigenvalue weighted by molar-refractivity contribution is 6.30. The molecule has 3 heterocycles. The van der Waals surface area contributed by atoms with Crippen molar-refractivity contribution in [3.63, 3.8) is 0 Å². The largest absolute Gasteiger partial charge is 0.490 e. The molecular weight excluding hydrogens is 690 g/mol. The normalized spacial score (nSPS) is 15.6. The number of amides is 1. The minimum Gasteiger partial charge on any atom is -0.475 e. The van der Waals surface area contributed by atoms with E-state index in [1.54, 1.807) is 12.3 Å². The molecule has 1 amide bonds. The van der Waals surface area contributed by atoms with Gasteiger partial charge in [0.15, 0.2) is 0 Å². The third-order valence-electron chi connectivity index (χ3n) is 9.07. The number of nitrogens with two attached hydrogens (primary N) is 1. The summed E-state index contributed by atoms with van der Waals surface area (Å²) in [5.74, 6) is -1.42. The molecule has 260 valence electrons. The maximum Gasteiger partial charge on any atom is 0.490 e. The van der Waals surface area contributed by atoms with Gasteiger partial charge in [-0.25, -0.2) is 9.78 Å². The number of hydrogen-bond acceptors (Lipinski definition) is 5. The molecule has 7 rings (SSSR count). The van der Waals surface area contributed by atoms with Crippen molar-refractivity contribution in [1.29, 1.82) is 0 Å². The third-order valence-corrected chi connectivity index (χ3v) is 9.58. The molecule has 0 atom stereocenters. The number of imidazole rings is 1. The van der Waals surface area contributed by atoms with E-state index in [4.69, 9.17) is 43.8 Å². The molecule has 2 aromatic heterocycles. The van der Waals surface area contributed by atoms with Gasteiger partial charge in [-0.1, -0.05) is 59.6 Å². The number of rotatable bonds is 8. The van der Waals surface area contributed by atoms with Crippen molar-refractivity contribution in [2.24, 2.45) is 5.73 Å². The number of hydrogen-bond donors (Lipinski definition) is 2. The molecule has 1 saturated heterocycles. The fourth-order valence-electron chi connectivity index (χ4n) is 6.47. The van der Waals surface area contributed by atoms with Gasteiger partial charge in [0, 0.05) is 53.8 Å². The number of primary amides is 1. The number of aliphatic carboxylic acids is 1. The first-order valence-electron chi connectivity index (χ1n) is 16.2. The number of benzene rings is 3. The van der Waals surface area contributed by atoms with E-state index in [1.807, 2.05) is 30.3 Å². The number of pyridine rings is 1. The maximum atomic E-state index is 11.4. The Balaban J connectivity index is 0.000000561. The molecular formula is C37H34Cl2F3N5O3. The van der Waals surface area contributed by atoms with Gasteiger partial charge in [-0.15, -0.1) is 0 Å². The molecule has 2 aliphatic rings. The van der Waals surface area contributed by atoms with Gasteiger partial charge in [-0.2, -0.15) is 13.2 Å². The molecule has 1 aliphatic heterocycles. The van der Waals surface area contributed by atoms with E-state index in [0.717, 1.165) is 53.6 Å². The van der Waals surface area contributed by atoms with E-state index in [0.29, 0.717) is 17.7 Å². The van der Waals surface area contributed by atoms with Crippen LogP contribution in [0.5, 0.6) is 0 Å². The van der Waals surface area contributed by atoms with Crippen LogP contribution in [-0.2, 0) is 11.3 Å². The number of halogens is 5. The second-order valence-corrected chi connectivity index (χ2v) is 13.5. The Kier molecular flexibility index (Phi) is 10.5. The SMILES string of the molecule is NC(=O)c1ccc(CN2CCC(n3c(C4CC4)nc4ccc(C(c5ccc(Cl)cc5)c5ccc(Cl)cc5)cc43)CC2)cn1.O=C(O)C(F)(F)F. The lowest BCUT2D eigenvalue weighted by Crippen LogP contribution is -2.34. The van der Waals surface area contributed by atoms with Crippen LogP contribution in [0.15, 0.2) is 85.1 Å². The zero-order valence-electron chi connectivity index (χ0n) is 26.8. The summed E-state index contributed by atoms with van der Waals surface area (Å²) in [7, 11) is 0. The van der Waals surface area contributed by atoms with Gasteiger partial charge in [-0.3, -0.25) is 14.7 Å². The van der Waals surface area contributed by atoms with Gasteiger partial charge >= 0.3 is 12.1 Å². The first-order valence-corrected chi connectivity index (χ1v) is 16.9. The summed E-state index contributed by atoms with van der Waals surface area (Å²) >= 11 is 12.5. The smallest absolute Gasteiger partial charge is 0.475 e. The van der Waals surface area contributed by atoms with Crippen LogP contribution in [0.25, 0.3) is 11.0 Å². The van der Waals surface area contributed by atoms with Gasteiger partial charge in [0.25, 0.3) is 5.91 Å². The summed E-state index contributed by atoms with van der Waals surface area (Å²) in [4.78, 5) is 32.2. The number of carboxylic acids is 1. The van der Waals surface area contributed by atoms with Crippen LogP contribution in [0.4, 0.5) is 13.2 Å². The minimum atomic E-state index is -5.08. The van der Waals surface area contributed by atoms with Crippen LogP contribution in [0, 0.1) is 0 Å². The number of carbonyl (C=O) groups is 2. The van der Waals surface area contributed by atoms with Crippen molar-refractivity contribution in [1.82, 2.24) is 19.4 Å². The predicted octanol–water partition coefficient (Wildman–Crippen LogP) is 8.37. The molecule has 8 nitrogen and oxygen atoms in total. The molecule has 0 unspecified atom stereocenters. The molecule has 3 N–H and O–H groups in total. The first kappa shape index (κ1) is 35.4. The number of likely N-dealkylation sites (tertiary alicyclic amines) is 1. The Bertz CT molecular complexity index is 1930.